The Morgan fingerprint density at radius 2 is 2.25 bits per heavy atom. The van der Waals surface area contributed by atoms with Gasteiger partial charge in [0.05, 0.1) is 13.2 Å². The fourth-order valence-corrected chi connectivity index (χ4v) is 0.443. The standard InChI is InChI=1S/C6H12N2O4/c1-8-2-5(10)12-6(11)4(7)3-9/h4,8-9H,2-3,7H2,1H3/t4-/m0/s1. The fourth-order valence-electron chi connectivity index (χ4n) is 0.443. The molecule has 6 heteroatoms. The molecule has 12 heavy (non-hydrogen) atoms. The van der Waals surface area contributed by atoms with Gasteiger partial charge in [-0.15, -0.1) is 0 Å². The van der Waals surface area contributed by atoms with E-state index in [1.54, 1.807) is 0 Å². The van der Waals surface area contributed by atoms with Crippen LogP contribution in [0.25, 0.3) is 0 Å². The number of esters is 2. The monoisotopic (exact) mass is 176 g/mol. The Kier molecular flexibility index (Phi) is 5.18. The number of rotatable bonds is 4. The second-order valence-corrected chi connectivity index (χ2v) is 2.11. The zero-order chi connectivity index (χ0) is 9.56. The SMILES string of the molecule is CNCC(=O)OC(=O)[C@@H](N)CO. The lowest BCUT2D eigenvalue weighted by Crippen LogP contribution is -2.38. The molecule has 0 aliphatic carbocycles. The van der Waals surface area contributed by atoms with Crippen LogP contribution in [0.2, 0.25) is 0 Å². The summed E-state index contributed by atoms with van der Waals surface area (Å²) in [6.07, 6.45) is 0. The van der Waals surface area contributed by atoms with Crippen molar-refractivity contribution in [1.82, 2.24) is 5.32 Å². The maximum atomic E-state index is 10.7. The van der Waals surface area contributed by atoms with E-state index >= 15 is 0 Å². The van der Waals surface area contributed by atoms with Crippen molar-refractivity contribution in [1.29, 1.82) is 0 Å². The second kappa shape index (κ2) is 5.64. The Balaban J connectivity index is 3.76. The maximum absolute atomic E-state index is 10.7. The summed E-state index contributed by atoms with van der Waals surface area (Å²) < 4.78 is 4.22. The summed E-state index contributed by atoms with van der Waals surface area (Å²) in [5, 5.41) is 10.9. The smallest absolute Gasteiger partial charge is 0.332 e. The van der Waals surface area contributed by atoms with Gasteiger partial charge in [-0.1, -0.05) is 0 Å². The summed E-state index contributed by atoms with van der Waals surface area (Å²) in [5.74, 6) is -1.64. The molecule has 0 unspecified atom stereocenters. The van der Waals surface area contributed by atoms with Gasteiger partial charge in [0.1, 0.15) is 6.04 Å². The molecule has 0 saturated heterocycles. The predicted octanol–water partition coefficient (Wildman–Crippen LogP) is -2.40. The molecule has 0 heterocycles. The molecule has 4 N–H and O–H groups in total. The van der Waals surface area contributed by atoms with Gasteiger partial charge in [0.15, 0.2) is 0 Å². The van der Waals surface area contributed by atoms with Gasteiger partial charge in [0.2, 0.25) is 0 Å². The third kappa shape index (κ3) is 4.02. The van der Waals surface area contributed by atoms with Crippen molar-refractivity contribution < 1.29 is 19.4 Å². The van der Waals surface area contributed by atoms with Gasteiger partial charge in [0.25, 0.3) is 0 Å². The summed E-state index contributed by atoms with van der Waals surface area (Å²) in [5.41, 5.74) is 5.06. The van der Waals surface area contributed by atoms with Crippen LogP contribution in [-0.2, 0) is 14.3 Å². The molecule has 0 aliphatic heterocycles. The molecule has 0 rings (SSSR count). The zero-order valence-corrected chi connectivity index (χ0v) is 6.74. The highest BCUT2D eigenvalue weighted by Crippen LogP contribution is 1.84. The number of carbonyl (C=O) groups excluding carboxylic acids is 2. The van der Waals surface area contributed by atoms with E-state index in [1.807, 2.05) is 0 Å². The summed E-state index contributed by atoms with van der Waals surface area (Å²) in [7, 11) is 1.54. The van der Waals surface area contributed by atoms with E-state index in [2.05, 4.69) is 10.1 Å². The Morgan fingerprint density at radius 1 is 1.67 bits per heavy atom. The van der Waals surface area contributed by atoms with Crippen LogP contribution in [0.5, 0.6) is 0 Å². The third-order valence-electron chi connectivity index (χ3n) is 1.03. The van der Waals surface area contributed by atoms with E-state index in [1.165, 1.54) is 7.05 Å². The van der Waals surface area contributed by atoms with Gasteiger partial charge in [-0.05, 0) is 7.05 Å². The normalized spacial score (nSPS) is 12.2. The van der Waals surface area contributed by atoms with E-state index in [-0.39, 0.29) is 6.54 Å². The Morgan fingerprint density at radius 3 is 2.67 bits per heavy atom. The van der Waals surface area contributed by atoms with Gasteiger partial charge in [-0.25, -0.2) is 4.79 Å². The largest absolute Gasteiger partial charge is 0.394 e. The predicted molar refractivity (Wildman–Crippen MR) is 40.1 cm³/mol. The second-order valence-electron chi connectivity index (χ2n) is 2.11. The lowest BCUT2D eigenvalue weighted by atomic mass is 10.3. The highest BCUT2D eigenvalue weighted by Gasteiger charge is 2.16. The van der Waals surface area contributed by atoms with Crippen molar-refractivity contribution >= 4 is 11.9 Å². The summed E-state index contributed by atoms with van der Waals surface area (Å²) >= 11 is 0. The molecule has 0 aliphatic rings. The molecule has 0 aromatic heterocycles. The molecule has 1 atom stereocenters. The van der Waals surface area contributed by atoms with Gasteiger partial charge < -0.3 is 20.9 Å². The van der Waals surface area contributed by atoms with E-state index in [0.29, 0.717) is 0 Å². The van der Waals surface area contributed by atoms with Gasteiger partial charge in [-0.2, -0.15) is 0 Å². The minimum Gasteiger partial charge on any atom is -0.394 e. The number of aliphatic hydroxyl groups excluding tert-OH is 1. The van der Waals surface area contributed by atoms with Crippen molar-refractivity contribution in [3.63, 3.8) is 0 Å². The molecular weight excluding hydrogens is 164 g/mol. The molecule has 6 nitrogen and oxygen atoms in total. The number of likely N-dealkylation sites (N-methyl/N-ethyl adjacent to an activating group) is 1. The number of hydrogen-bond acceptors (Lipinski definition) is 6. The molecule has 0 fully saturated rings. The Labute approximate surface area is 69.7 Å². The topological polar surface area (TPSA) is 102 Å². The van der Waals surface area contributed by atoms with Crippen LogP contribution < -0.4 is 11.1 Å². The highest BCUT2D eigenvalue weighted by atomic mass is 16.6. The number of nitrogens with one attached hydrogen (secondary N) is 1. The van der Waals surface area contributed by atoms with Crippen LogP contribution in [0.15, 0.2) is 0 Å². The van der Waals surface area contributed by atoms with E-state index in [4.69, 9.17) is 10.8 Å². The molecule has 0 amide bonds. The maximum Gasteiger partial charge on any atom is 0.332 e. The molecule has 0 spiro atoms. The first-order valence-electron chi connectivity index (χ1n) is 3.37. The van der Waals surface area contributed by atoms with Crippen LogP contribution in [0.3, 0.4) is 0 Å². The van der Waals surface area contributed by atoms with E-state index < -0.39 is 24.6 Å². The lowest BCUT2D eigenvalue weighted by Gasteiger charge is -2.06. The van der Waals surface area contributed by atoms with Crippen molar-refractivity contribution in [3.8, 4) is 0 Å². The summed E-state index contributed by atoms with van der Waals surface area (Å²) in [6, 6.07) is -1.15. The molecule has 0 aromatic carbocycles. The quantitative estimate of drug-likeness (QED) is 0.326. The molecule has 0 radical (unpaired) electrons. The Bertz CT molecular complexity index is 171. The number of carbonyl (C=O) groups is 2. The Hall–Kier alpha value is -0.980. The number of hydrogen-bond donors (Lipinski definition) is 3. The molecule has 0 saturated carbocycles. The fraction of sp³-hybridized carbons (Fsp3) is 0.667. The summed E-state index contributed by atoms with van der Waals surface area (Å²) in [6.45, 7) is -0.602. The van der Waals surface area contributed by atoms with E-state index in [0.717, 1.165) is 0 Å². The average Bonchev–Trinajstić information content (AvgIpc) is 2.03. The van der Waals surface area contributed by atoms with Crippen LogP contribution >= 0.6 is 0 Å². The first-order chi connectivity index (χ1) is 5.61. The van der Waals surface area contributed by atoms with Gasteiger partial charge in [-0.3, -0.25) is 4.79 Å². The van der Waals surface area contributed by atoms with E-state index in [9.17, 15) is 9.59 Å². The molecule has 0 bridgehead atoms. The summed E-state index contributed by atoms with van der Waals surface area (Å²) in [4.78, 5) is 21.3. The minimum absolute atomic E-state index is 0.0656. The zero-order valence-electron chi connectivity index (χ0n) is 6.74. The molecule has 70 valence electrons. The van der Waals surface area contributed by atoms with Crippen LogP contribution in [0, 0.1) is 0 Å². The highest BCUT2D eigenvalue weighted by molar-refractivity contribution is 5.89. The third-order valence-corrected chi connectivity index (χ3v) is 1.03. The lowest BCUT2D eigenvalue weighted by molar-refractivity contribution is -0.160. The van der Waals surface area contributed by atoms with Crippen LogP contribution in [0.4, 0.5) is 0 Å². The molecular formula is C6H12N2O4. The minimum atomic E-state index is -1.15. The van der Waals surface area contributed by atoms with Crippen LogP contribution in [-0.4, -0.2) is 43.3 Å². The number of nitrogens with two attached hydrogens (primary N) is 1. The van der Waals surface area contributed by atoms with Crippen LogP contribution in [0.1, 0.15) is 0 Å². The van der Waals surface area contributed by atoms with Gasteiger partial charge >= 0.3 is 11.9 Å². The van der Waals surface area contributed by atoms with Gasteiger partial charge in [0, 0.05) is 0 Å². The number of aliphatic hydroxyl groups is 1. The van der Waals surface area contributed by atoms with Crippen molar-refractivity contribution in [3.05, 3.63) is 0 Å². The number of ether oxygens (including phenoxy) is 1. The van der Waals surface area contributed by atoms with Crippen molar-refractivity contribution in [2.45, 2.75) is 6.04 Å². The average molecular weight is 176 g/mol. The molecule has 0 aromatic rings. The van der Waals surface area contributed by atoms with Crippen molar-refractivity contribution in [2.24, 2.45) is 5.73 Å². The first kappa shape index (κ1) is 11.0. The first-order valence-corrected chi connectivity index (χ1v) is 3.37. The van der Waals surface area contributed by atoms with Crippen molar-refractivity contribution in [2.75, 3.05) is 20.2 Å².